The molecule has 1 heterocycles. The molecule has 0 aliphatic carbocycles. The molecule has 0 bridgehead atoms. The van der Waals surface area contributed by atoms with Crippen molar-refractivity contribution in [1.82, 2.24) is 0 Å². The number of carbonyl (C=O) groups is 1. The van der Waals surface area contributed by atoms with Crippen LogP contribution in [0.1, 0.15) is 32.8 Å². The predicted molar refractivity (Wildman–Crippen MR) is 83.5 cm³/mol. The van der Waals surface area contributed by atoms with E-state index in [2.05, 4.69) is 10.6 Å². The molecule has 1 aromatic carbocycles. The van der Waals surface area contributed by atoms with Gasteiger partial charge in [0.1, 0.15) is 0 Å². The number of hydrogen-bond donors (Lipinski definition) is 2. The van der Waals surface area contributed by atoms with Gasteiger partial charge in [-0.3, -0.25) is 4.79 Å². The third-order valence-corrected chi connectivity index (χ3v) is 3.55. The van der Waals surface area contributed by atoms with E-state index in [0.717, 1.165) is 16.9 Å². The van der Waals surface area contributed by atoms with Gasteiger partial charge in [-0.2, -0.15) is 0 Å². The van der Waals surface area contributed by atoms with E-state index in [1.807, 2.05) is 45.9 Å². The largest absolute Gasteiger partial charge is 0.377 e. The monoisotopic (exact) mass is 292 g/mol. The number of hydrogen-bond acceptors (Lipinski definition) is 4. The zero-order valence-electron chi connectivity index (χ0n) is 13.2. The number of ether oxygens (including phenoxy) is 2. The quantitative estimate of drug-likeness (QED) is 0.896. The van der Waals surface area contributed by atoms with E-state index in [0.29, 0.717) is 19.6 Å². The Kier molecular flexibility index (Phi) is 4.85. The minimum atomic E-state index is -0.510. The average Bonchev–Trinajstić information content (AvgIpc) is 2.45. The second-order valence-electron chi connectivity index (χ2n) is 5.74. The SMILES string of the molecule is CCC(=O)Nc1cccc(NC2COC(C)(C)OC2)c1C. The molecule has 0 aromatic heterocycles. The minimum absolute atomic E-state index is 0.0151. The predicted octanol–water partition coefficient (Wildman–Crippen LogP) is 2.91. The van der Waals surface area contributed by atoms with Gasteiger partial charge in [0, 0.05) is 17.8 Å². The van der Waals surface area contributed by atoms with Crippen LogP contribution in [0.5, 0.6) is 0 Å². The minimum Gasteiger partial charge on any atom is -0.377 e. The Morgan fingerprint density at radius 3 is 2.52 bits per heavy atom. The van der Waals surface area contributed by atoms with Crippen molar-refractivity contribution in [2.24, 2.45) is 0 Å². The summed E-state index contributed by atoms with van der Waals surface area (Å²) in [6, 6.07) is 5.94. The van der Waals surface area contributed by atoms with E-state index in [-0.39, 0.29) is 11.9 Å². The van der Waals surface area contributed by atoms with Crippen LogP contribution < -0.4 is 10.6 Å². The summed E-state index contributed by atoms with van der Waals surface area (Å²) in [5.41, 5.74) is 2.84. The Morgan fingerprint density at radius 1 is 1.29 bits per heavy atom. The molecule has 0 spiro atoms. The third-order valence-electron chi connectivity index (χ3n) is 3.55. The maximum absolute atomic E-state index is 11.5. The van der Waals surface area contributed by atoms with Crippen molar-refractivity contribution >= 4 is 17.3 Å². The van der Waals surface area contributed by atoms with Crippen molar-refractivity contribution in [2.75, 3.05) is 23.8 Å². The summed E-state index contributed by atoms with van der Waals surface area (Å²) in [6.07, 6.45) is 0.469. The molecule has 1 amide bonds. The first-order valence-corrected chi connectivity index (χ1v) is 7.35. The lowest BCUT2D eigenvalue weighted by Crippen LogP contribution is -2.45. The van der Waals surface area contributed by atoms with Gasteiger partial charge >= 0.3 is 0 Å². The highest BCUT2D eigenvalue weighted by molar-refractivity contribution is 5.92. The Labute approximate surface area is 126 Å². The summed E-state index contributed by atoms with van der Waals surface area (Å²) in [6.45, 7) is 8.84. The van der Waals surface area contributed by atoms with Crippen molar-refractivity contribution in [2.45, 2.75) is 45.9 Å². The first-order valence-electron chi connectivity index (χ1n) is 7.35. The molecular formula is C16H24N2O3. The van der Waals surface area contributed by atoms with E-state index >= 15 is 0 Å². The fourth-order valence-corrected chi connectivity index (χ4v) is 2.16. The second-order valence-corrected chi connectivity index (χ2v) is 5.74. The van der Waals surface area contributed by atoms with Crippen LogP contribution in [-0.4, -0.2) is 30.9 Å². The lowest BCUT2D eigenvalue weighted by Gasteiger charge is -2.35. The standard InChI is InChI=1S/C16H24N2O3/c1-5-15(19)18-14-8-6-7-13(11(14)2)17-12-9-20-16(3,4)21-10-12/h6-8,12,17H,5,9-10H2,1-4H3,(H,18,19). The summed E-state index contributed by atoms with van der Waals surface area (Å²) >= 11 is 0. The van der Waals surface area contributed by atoms with Gasteiger partial charge in [-0.1, -0.05) is 13.0 Å². The lowest BCUT2D eigenvalue weighted by atomic mass is 10.1. The maximum Gasteiger partial charge on any atom is 0.224 e. The molecule has 1 aromatic rings. The van der Waals surface area contributed by atoms with Crippen LogP contribution in [0.4, 0.5) is 11.4 Å². The van der Waals surface area contributed by atoms with E-state index in [4.69, 9.17) is 9.47 Å². The first-order chi connectivity index (χ1) is 9.91. The van der Waals surface area contributed by atoms with Gasteiger partial charge in [-0.25, -0.2) is 0 Å². The second kappa shape index (κ2) is 6.45. The molecule has 0 radical (unpaired) electrons. The van der Waals surface area contributed by atoms with Crippen LogP contribution in [0.2, 0.25) is 0 Å². The average molecular weight is 292 g/mol. The topological polar surface area (TPSA) is 59.6 Å². The number of nitrogens with one attached hydrogen (secondary N) is 2. The Bertz CT molecular complexity index is 504. The molecule has 5 nitrogen and oxygen atoms in total. The molecule has 116 valence electrons. The molecule has 1 aliphatic heterocycles. The molecule has 21 heavy (non-hydrogen) atoms. The Balaban J connectivity index is 2.04. The van der Waals surface area contributed by atoms with Crippen LogP contribution in [0, 0.1) is 6.92 Å². The number of benzene rings is 1. The van der Waals surface area contributed by atoms with Crippen molar-refractivity contribution in [3.05, 3.63) is 23.8 Å². The number of rotatable bonds is 4. The van der Waals surface area contributed by atoms with Crippen LogP contribution in [0.15, 0.2) is 18.2 Å². The highest BCUT2D eigenvalue weighted by atomic mass is 16.7. The van der Waals surface area contributed by atoms with E-state index in [1.54, 1.807) is 0 Å². The van der Waals surface area contributed by atoms with Crippen LogP contribution in [-0.2, 0) is 14.3 Å². The van der Waals surface area contributed by atoms with Crippen molar-refractivity contribution in [3.8, 4) is 0 Å². The smallest absolute Gasteiger partial charge is 0.224 e. The molecule has 2 N–H and O–H groups in total. The van der Waals surface area contributed by atoms with Crippen molar-refractivity contribution < 1.29 is 14.3 Å². The maximum atomic E-state index is 11.5. The molecular weight excluding hydrogens is 268 g/mol. The normalized spacial score (nSPS) is 18.3. The zero-order chi connectivity index (χ0) is 15.5. The van der Waals surface area contributed by atoms with Crippen molar-refractivity contribution in [1.29, 1.82) is 0 Å². The van der Waals surface area contributed by atoms with Gasteiger partial charge in [0.2, 0.25) is 5.91 Å². The van der Waals surface area contributed by atoms with Gasteiger partial charge in [-0.05, 0) is 38.5 Å². The lowest BCUT2D eigenvalue weighted by molar-refractivity contribution is -0.247. The van der Waals surface area contributed by atoms with E-state index in [1.165, 1.54) is 0 Å². The highest BCUT2D eigenvalue weighted by Gasteiger charge is 2.28. The molecule has 1 saturated heterocycles. The molecule has 1 fully saturated rings. The summed E-state index contributed by atoms with van der Waals surface area (Å²) < 4.78 is 11.3. The number of carbonyl (C=O) groups excluding carboxylic acids is 1. The van der Waals surface area contributed by atoms with Crippen LogP contribution in [0.3, 0.4) is 0 Å². The summed E-state index contributed by atoms with van der Waals surface area (Å²) in [7, 11) is 0. The van der Waals surface area contributed by atoms with Crippen LogP contribution in [0.25, 0.3) is 0 Å². The molecule has 1 aliphatic rings. The fraction of sp³-hybridized carbons (Fsp3) is 0.562. The van der Waals surface area contributed by atoms with Crippen LogP contribution >= 0.6 is 0 Å². The first kappa shape index (κ1) is 15.8. The number of anilines is 2. The zero-order valence-corrected chi connectivity index (χ0v) is 13.2. The van der Waals surface area contributed by atoms with Gasteiger partial charge in [0.05, 0.1) is 19.3 Å². The summed E-state index contributed by atoms with van der Waals surface area (Å²) in [5, 5.41) is 6.33. The van der Waals surface area contributed by atoms with Crippen molar-refractivity contribution in [3.63, 3.8) is 0 Å². The van der Waals surface area contributed by atoms with Gasteiger partial charge < -0.3 is 20.1 Å². The summed E-state index contributed by atoms with van der Waals surface area (Å²) in [4.78, 5) is 11.5. The summed E-state index contributed by atoms with van der Waals surface area (Å²) in [5.74, 6) is -0.495. The van der Waals surface area contributed by atoms with Gasteiger partial charge in [-0.15, -0.1) is 0 Å². The molecule has 0 saturated carbocycles. The molecule has 5 heteroatoms. The Hall–Kier alpha value is -1.59. The van der Waals surface area contributed by atoms with Gasteiger partial charge in [0.25, 0.3) is 0 Å². The van der Waals surface area contributed by atoms with E-state index < -0.39 is 5.79 Å². The molecule has 2 rings (SSSR count). The van der Waals surface area contributed by atoms with Gasteiger partial charge in [0.15, 0.2) is 5.79 Å². The molecule has 0 atom stereocenters. The Morgan fingerprint density at radius 2 is 1.90 bits per heavy atom. The fourth-order valence-electron chi connectivity index (χ4n) is 2.16. The highest BCUT2D eigenvalue weighted by Crippen LogP contribution is 2.26. The third kappa shape index (κ3) is 4.19. The molecule has 0 unspecified atom stereocenters. The number of amides is 1. The van der Waals surface area contributed by atoms with E-state index in [9.17, 15) is 4.79 Å².